The average molecular weight is 291 g/mol. The fourth-order valence-corrected chi connectivity index (χ4v) is 1.91. The van der Waals surface area contributed by atoms with Crippen LogP contribution in [0.1, 0.15) is 18.4 Å². The molecule has 1 aromatic carbocycles. The van der Waals surface area contributed by atoms with Crippen LogP contribution in [0.25, 0.3) is 0 Å². The largest absolute Gasteiger partial charge is 0.508 e. The number of benzene rings is 1. The Morgan fingerprint density at radius 2 is 2.29 bits per heavy atom. The molecule has 7 heteroatoms. The average Bonchev–Trinajstić information content (AvgIpc) is 2.98. The second-order valence-electron chi connectivity index (χ2n) is 4.64. The summed E-state index contributed by atoms with van der Waals surface area (Å²) in [7, 11) is 0. The molecule has 1 aliphatic rings. The molecule has 0 aromatic heterocycles. The number of amides is 2. The van der Waals surface area contributed by atoms with E-state index in [4.69, 9.17) is 4.74 Å². The maximum atomic E-state index is 11.5. The van der Waals surface area contributed by atoms with E-state index in [1.54, 1.807) is 12.1 Å². The molecule has 1 aromatic rings. The topological polar surface area (TPSA) is 100 Å². The third-order valence-electron chi connectivity index (χ3n) is 2.97. The molecule has 0 bridgehead atoms. The van der Waals surface area contributed by atoms with Crippen LogP contribution >= 0.6 is 0 Å². The molecule has 0 unspecified atom stereocenters. The number of phenols is 1. The molecule has 0 aliphatic carbocycles. The van der Waals surface area contributed by atoms with Gasteiger partial charge in [-0.3, -0.25) is 9.59 Å². The van der Waals surface area contributed by atoms with Gasteiger partial charge in [-0.25, -0.2) is 5.43 Å². The maximum absolute atomic E-state index is 11.5. The summed E-state index contributed by atoms with van der Waals surface area (Å²) in [6, 6.07) is 6.35. The monoisotopic (exact) mass is 291 g/mol. The smallest absolute Gasteiger partial charge is 0.329 e. The molecule has 7 nitrogen and oxygen atoms in total. The number of hydrazone groups is 1. The quantitative estimate of drug-likeness (QED) is 0.417. The fourth-order valence-electron chi connectivity index (χ4n) is 1.91. The van der Waals surface area contributed by atoms with Gasteiger partial charge in [0.25, 0.3) is 0 Å². The lowest BCUT2D eigenvalue weighted by molar-refractivity contribution is -0.139. The predicted molar refractivity (Wildman–Crippen MR) is 75.8 cm³/mol. The van der Waals surface area contributed by atoms with Crippen molar-refractivity contribution in [1.29, 1.82) is 0 Å². The Morgan fingerprint density at radius 1 is 1.43 bits per heavy atom. The lowest BCUT2D eigenvalue weighted by Gasteiger charge is -2.09. The van der Waals surface area contributed by atoms with Crippen molar-refractivity contribution < 1.29 is 19.4 Å². The van der Waals surface area contributed by atoms with Gasteiger partial charge in [0.15, 0.2) is 0 Å². The first-order valence-electron chi connectivity index (χ1n) is 6.67. The Morgan fingerprint density at radius 3 is 3.00 bits per heavy atom. The molecular formula is C14H17N3O4. The highest BCUT2D eigenvalue weighted by molar-refractivity contribution is 6.35. The summed E-state index contributed by atoms with van der Waals surface area (Å²) in [5.74, 6) is -1.50. The van der Waals surface area contributed by atoms with Gasteiger partial charge in [-0.05, 0) is 30.5 Å². The van der Waals surface area contributed by atoms with Gasteiger partial charge in [0, 0.05) is 13.2 Å². The molecule has 1 atom stereocenters. The minimum Gasteiger partial charge on any atom is -0.508 e. The number of ether oxygens (including phenoxy) is 1. The SMILES string of the molecule is O=C(NC[C@H]1CCCO1)C(=O)N/N=C\c1cccc(O)c1. The van der Waals surface area contributed by atoms with Crippen LogP contribution in [-0.4, -0.2) is 42.4 Å². The Hall–Kier alpha value is -2.41. The van der Waals surface area contributed by atoms with Crippen LogP contribution < -0.4 is 10.7 Å². The van der Waals surface area contributed by atoms with Gasteiger partial charge < -0.3 is 15.2 Å². The lowest BCUT2D eigenvalue weighted by Crippen LogP contribution is -2.41. The van der Waals surface area contributed by atoms with Gasteiger partial charge in [0.05, 0.1) is 12.3 Å². The van der Waals surface area contributed by atoms with E-state index in [9.17, 15) is 14.7 Å². The van der Waals surface area contributed by atoms with Crippen LogP contribution in [-0.2, 0) is 14.3 Å². The molecule has 1 heterocycles. The number of carbonyl (C=O) groups excluding carboxylic acids is 2. The number of nitrogens with one attached hydrogen (secondary N) is 2. The highest BCUT2D eigenvalue weighted by atomic mass is 16.5. The normalized spacial score (nSPS) is 17.8. The summed E-state index contributed by atoms with van der Waals surface area (Å²) in [6.07, 6.45) is 3.18. The van der Waals surface area contributed by atoms with Crippen molar-refractivity contribution in [2.75, 3.05) is 13.2 Å². The zero-order valence-corrected chi connectivity index (χ0v) is 11.4. The Kier molecular flexibility index (Phi) is 5.28. The summed E-state index contributed by atoms with van der Waals surface area (Å²) in [4.78, 5) is 23.0. The van der Waals surface area contributed by atoms with Gasteiger partial charge >= 0.3 is 11.8 Å². The first-order valence-corrected chi connectivity index (χ1v) is 6.67. The highest BCUT2D eigenvalue weighted by Gasteiger charge is 2.18. The van der Waals surface area contributed by atoms with Crippen molar-refractivity contribution in [3.8, 4) is 5.75 Å². The number of carbonyl (C=O) groups is 2. The molecule has 3 N–H and O–H groups in total. The number of aromatic hydroxyl groups is 1. The van der Waals surface area contributed by atoms with Crippen molar-refractivity contribution in [2.45, 2.75) is 18.9 Å². The Labute approximate surface area is 122 Å². The molecule has 1 saturated heterocycles. The van der Waals surface area contributed by atoms with Crippen LogP contribution in [0.4, 0.5) is 0 Å². The molecule has 0 saturated carbocycles. The molecule has 0 radical (unpaired) electrons. The van der Waals surface area contributed by atoms with Crippen LogP contribution in [0.15, 0.2) is 29.4 Å². The van der Waals surface area contributed by atoms with E-state index in [1.807, 2.05) is 0 Å². The summed E-state index contributed by atoms with van der Waals surface area (Å²) in [5, 5.41) is 15.4. The second-order valence-corrected chi connectivity index (χ2v) is 4.64. The molecule has 0 spiro atoms. The summed E-state index contributed by atoms with van der Waals surface area (Å²) < 4.78 is 5.33. The van der Waals surface area contributed by atoms with E-state index in [2.05, 4.69) is 15.8 Å². The van der Waals surface area contributed by atoms with E-state index in [1.165, 1.54) is 18.3 Å². The third kappa shape index (κ3) is 4.88. The molecule has 2 amide bonds. The van der Waals surface area contributed by atoms with E-state index in [0.29, 0.717) is 18.7 Å². The van der Waals surface area contributed by atoms with Gasteiger partial charge in [-0.2, -0.15) is 5.10 Å². The summed E-state index contributed by atoms with van der Waals surface area (Å²) in [6.45, 7) is 1.02. The van der Waals surface area contributed by atoms with Gasteiger partial charge in [-0.15, -0.1) is 0 Å². The van der Waals surface area contributed by atoms with Crippen molar-refractivity contribution in [2.24, 2.45) is 5.10 Å². The zero-order chi connectivity index (χ0) is 15.1. The molecule has 112 valence electrons. The first kappa shape index (κ1) is 15.0. The predicted octanol–water partition coefficient (Wildman–Crippen LogP) is 0.138. The van der Waals surface area contributed by atoms with Crippen molar-refractivity contribution in [1.82, 2.24) is 10.7 Å². The van der Waals surface area contributed by atoms with Crippen molar-refractivity contribution >= 4 is 18.0 Å². The van der Waals surface area contributed by atoms with E-state index >= 15 is 0 Å². The molecule has 1 fully saturated rings. The number of nitrogens with zero attached hydrogens (tertiary/aromatic N) is 1. The number of rotatable bonds is 4. The van der Waals surface area contributed by atoms with Crippen LogP contribution in [0, 0.1) is 0 Å². The number of phenolic OH excluding ortho intramolecular Hbond substituents is 1. The fraction of sp³-hybridized carbons (Fsp3) is 0.357. The standard InChI is InChI=1S/C14H17N3O4/c18-11-4-1-3-10(7-11)8-16-17-14(20)13(19)15-9-12-5-2-6-21-12/h1,3-4,7-8,12,18H,2,5-6,9H2,(H,15,19)(H,17,20)/b16-8-/t12-/m1/s1. The summed E-state index contributed by atoms with van der Waals surface area (Å²) in [5.41, 5.74) is 2.73. The molecule has 21 heavy (non-hydrogen) atoms. The van der Waals surface area contributed by atoms with Gasteiger partial charge in [0.1, 0.15) is 5.75 Å². The minimum atomic E-state index is -0.843. The van der Waals surface area contributed by atoms with E-state index < -0.39 is 11.8 Å². The van der Waals surface area contributed by atoms with Crippen LogP contribution in [0.5, 0.6) is 5.75 Å². The lowest BCUT2D eigenvalue weighted by atomic mass is 10.2. The van der Waals surface area contributed by atoms with Gasteiger partial charge in [-0.1, -0.05) is 12.1 Å². The molecular weight excluding hydrogens is 274 g/mol. The van der Waals surface area contributed by atoms with Crippen LogP contribution in [0.2, 0.25) is 0 Å². The number of hydrogen-bond acceptors (Lipinski definition) is 5. The summed E-state index contributed by atoms with van der Waals surface area (Å²) >= 11 is 0. The van der Waals surface area contributed by atoms with E-state index in [0.717, 1.165) is 12.8 Å². The second kappa shape index (κ2) is 7.39. The maximum Gasteiger partial charge on any atom is 0.329 e. The third-order valence-corrected chi connectivity index (χ3v) is 2.97. The van der Waals surface area contributed by atoms with Gasteiger partial charge in [0.2, 0.25) is 0 Å². The van der Waals surface area contributed by atoms with Crippen LogP contribution in [0.3, 0.4) is 0 Å². The molecule has 1 aliphatic heterocycles. The van der Waals surface area contributed by atoms with Crippen molar-refractivity contribution in [3.63, 3.8) is 0 Å². The number of hydrogen-bond donors (Lipinski definition) is 3. The minimum absolute atomic E-state index is 0.0162. The first-order chi connectivity index (χ1) is 10.1. The highest BCUT2D eigenvalue weighted by Crippen LogP contribution is 2.10. The van der Waals surface area contributed by atoms with Crippen molar-refractivity contribution in [3.05, 3.63) is 29.8 Å². The molecule has 2 rings (SSSR count). The zero-order valence-electron chi connectivity index (χ0n) is 11.4. The van der Waals surface area contributed by atoms with E-state index in [-0.39, 0.29) is 11.9 Å². The Balaban J connectivity index is 1.74. The Bertz CT molecular complexity index is 539.